The molecule has 36 heavy (non-hydrogen) atoms. The number of methoxy groups -OCH3 is 2. The summed E-state index contributed by atoms with van der Waals surface area (Å²) in [5.74, 6) is -0.150. The van der Waals surface area contributed by atoms with Crippen LogP contribution in [-0.4, -0.2) is 42.1 Å². The molecule has 2 amide bonds. The predicted molar refractivity (Wildman–Crippen MR) is 140 cm³/mol. The van der Waals surface area contributed by atoms with Gasteiger partial charge in [0, 0.05) is 17.8 Å². The summed E-state index contributed by atoms with van der Waals surface area (Å²) in [6, 6.07) is 16.9. The van der Waals surface area contributed by atoms with Crippen molar-refractivity contribution in [2.45, 2.75) is 19.0 Å². The van der Waals surface area contributed by atoms with Gasteiger partial charge in [0.2, 0.25) is 5.91 Å². The molecule has 1 atom stereocenters. The van der Waals surface area contributed by atoms with E-state index in [-0.39, 0.29) is 18.1 Å². The minimum Gasteiger partial charge on any atom is -0.497 e. The van der Waals surface area contributed by atoms with Crippen LogP contribution in [-0.2, 0) is 16.1 Å². The van der Waals surface area contributed by atoms with Crippen LogP contribution < -0.4 is 19.7 Å². The maximum Gasteiger partial charge on any atom is 0.256 e. The molecule has 1 N–H and O–H groups in total. The Kier molecular flexibility index (Phi) is 7.71. The van der Waals surface area contributed by atoms with Crippen LogP contribution in [0.25, 0.3) is 0 Å². The Labute approximate surface area is 218 Å². The van der Waals surface area contributed by atoms with Crippen LogP contribution in [0.15, 0.2) is 66.7 Å². The topological polar surface area (TPSA) is 71.1 Å². The molecule has 1 saturated heterocycles. The highest BCUT2D eigenvalue weighted by Crippen LogP contribution is 2.34. The Morgan fingerprint density at radius 3 is 2.44 bits per heavy atom. The van der Waals surface area contributed by atoms with Crippen molar-refractivity contribution in [3.8, 4) is 11.5 Å². The molecule has 10 heteroatoms. The molecule has 3 aromatic rings. The summed E-state index contributed by atoms with van der Waals surface area (Å²) in [7, 11) is 3.04. The second kappa shape index (κ2) is 10.9. The van der Waals surface area contributed by atoms with E-state index in [9.17, 15) is 14.0 Å². The largest absolute Gasteiger partial charge is 0.497 e. The first kappa shape index (κ1) is 25.4. The van der Waals surface area contributed by atoms with Crippen molar-refractivity contribution < 1.29 is 23.5 Å². The third kappa shape index (κ3) is 5.27. The monoisotopic (exact) mass is 527 g/mol. The number of carbonyl (C=O) groups excluding carboxylic acids is 2. The molecule has 0 spiro atoms. The molecule has 0 bridgehead atoms. The summed E-state index contributed by atoms with van der Waals surface area (Å²) in [6.45, 7) is 0.0120. The van der Waals surface area contributed by atoms with Gasteiger partial charge in [-0.05, 0) is 60.7 Å². The molecule has 7 nitrogen and oxygen atoms in total. The van der Waals surface area contributed by atoms with Crippen LogP contribution >= 0.6 is 23.8 Å². The second-order valence-electron chi connectivity index (χ2n) is 7.99. The minimum atomic E-state index is -0.948. The van der Waals surface area contributed by atoms with E-state index in [1.807, 2.05) is 0 Å². The Morgan fingerprint density at radius 2 is 1.81 bits per heavy atom. The Bertz CT molecular complexity index is 1300. The zero-order valence-corrected chi connectivity index (χ0v) is 21.1. The molecule has 1 heterocycles. The average molecular weight is 528 g/mol. The zero-order chi connectivity index (χ0) is 25.8. The lowest BCUT2D eigenvalue weighted by Gasteiger charge is -2.24. The van der Waals surface area contributed by atoms with Gasteiger partial charge in [0.25, 0.3) is 5.91 Å². The third-order valence-electron chi connectivity index (χ3n) is 5.76. The van der Waals surface area contributed by atoms with E-state index in [2.05, 4.69) is 5.32 Å². The number of halogens is 2. The maximum absolute atomic E-state index is 14.5. The standard InChI is InChI=1S/C26H23ClFN3O4S/c1-34-19-10-7-17(8-11-19)29-24(32)14-22-25(33)31(18-9-12-23(35-2)20(27)13-18)26(36)30(22)15-16-5-3-4-6-21(16)28/h3-13,22H,14-15H2,1-2H3,(H,29,32). The molecule has 3 aromatic carbocycles. The van der Waals surface area contributed by atoms with Gasteiger partial charge in [-0.15, -0.1) is 0 Å². The lowest BCUT2D eigenvalue weighted by molar-refractivity contribution is -0.124. The highest BCUT2D eigenvalue weighted by atomic mass is 35.5. The Morgan fingerprint density at radius 1 is 1.08 bits per heavy atom. The number of hydrogen-bond donors (Lipinski definition) is 1. The zero-order valence-electron chi connectivity index (χ0n) is 19.5. The number of carbonyl (C=O) groups is 2. The molecule has 186 valence electrons. The van der Waals surface area contributed by atoms with Crippen LogP contribution in [0.4, 0.5) is 15.8 Å². The van der Waals surface area contributed by atoms with E-state index in [0.717, 1.165) is 0 Å². The number of amides is 2. The second-order valence-corrected chi connectivity index (χ2v) is 8.76. The molecular formula is C26H23ClFN3O4S. The van der Waals surface area contributed by atoms with Crippen molar-refractivity contribution in [2.24, 2.45) is 0 Å². The molecule has 1 aliphatic rings. The normalized spacial score (nSPS) is 15.3. The summed E-state index contributed by atoms with van der Waals surface area (Å²) >= 11 is 11.9. The van der Waals surface area contributed by atoms with Gasteiger partial charge in [-0.1, -0.05) is 29.8 Å². The van der Waals surface area contributed by atoms with Crippen molar-refractivity contribution in [3.63, 3.8) is 0 Å². The summed E-state index contributed by atoms with van der Waals surface area (Å²) in [5, 5.41) is 3.23. The molecule has 1 aliphatic heterocycles. The molecule has 0 radical (unpaired) electrons. The van der Waals surface area contributed by atoms with Gasteiger partial charge < -0.3 is 19.7 Å². The van der Waals surface area contributed by atoms with E-state index >= 15 is 0 Å². The quantitative estimate of drug-likeness (QED) is 0.414. The summed E-state index contributed by atoms with van der Waals surface area (Å²) in [6.07, 6.45) is -0.195. The summed E-state index contributed by atoms with van der Waals surface area (Å²) in [4.78, 5) is 29.4. The van der Waals surface area contributed by atoms with Crippen molar-refractivity contribution in [1.82, 2.24) is 4.90 Å². The molecule has 1 unspecified atom stereocenters. The first-order valence-corrected chi connectivity index (χ1v) is 11.8. The van der Waals surface area contributed by atoms with Gasteiger partial charge >= 0.3 is 0 Å². The smallest absolute Gasteiger partial charge is 0.256 e. The molecule has 0 aliphatic carbocycles. The third-order valence-corrected chi connectivity index (χ3v) is 6.48. The average Bonchev–Trinajstić information content (AvgIpc) is 3.09. The molecule has 0 saturated carbocycles. The van der Waals surface area contributed by atoms with Crippen LogP contribution in [0.5, 0.6) is 11.5 Å². The number of nitrogens with one attached hydrogen (secondary N) is 1. The summed E-state index contributed by atoms with van der Waals surface area (Å²) in [5.41, 5.74) is 1.32. The van der Waals surface area contributed by atoms with Gasteiger partial charge in [-0.2, -0.15) is 0 Å². The van der Waals surface area contributed by atoms with E-state index in [1.165, 1.54) is 18.1 Å². The lowest BCUT2D eigenvalue weighted by atomic mass is 10.1. The van der Waals surface area contributed by atoms with E-state index in [4.69, 9.17) is 33.3 Å². The van der Waals surface area contributed by atoms with Crippen molar-refractivity contribution >= 4 is 52.1 Å². The molecular weight excluding hydrogens is 505 g/mol. The van der Waals surface area contributed by atoms with E-state index in [1.54, 1.807) is 72.7 Å². The van der Waals surface area contributed by atoms with Gasteiger partial charge in [-0.3, -0.25) is 14.5 Å². The number of benzene rings is 3. The molecule has 1 fully saturated rings. The summed E-state index contributed by atoms with van der Waals surface area (Å²) < 4.78 is 24.8. The first-order valence-electron chi connectivity index (χ1n) is 11.0. The van der Waals surface area contributed by atoms with Crippen molar-refractivity contribution in [3.05, 3.63) is 83.1 Å². The van der Waals surface area contributed by atoms with E-state index in [0.29, 0.717) is 33.5 Å². The van der Waals surface area contributed by atoms with Gasteiger partial charge in [-0.25, -0.2) is 4.39 Å². The Balaban J connectivity index is 1.62. The van der Waals surface area contributed by atoms with E-state index < -0.39 is 23.7 Å². The maximum atomic E-state index is 14.5. The fraction of sp³-hybridized carbons (Fsp3) is 0.192. The predicted octanol–water partition coefficient (Wildman–Crippen LogP) is 5.03. The number of thiocarbonyl (C=S) groups is 1. The number of nitrogens with zero attached hydrogens (tertiary/aromatic N) is 2. The van der Waals surface area contributed by atoms with Crippen LogP contribution in [0, 0.1) is 5.82 Å². The van der Waals surface area contributed by atoms with Crippen LogP contribution in [0.3, 0.4) is 0 Å². The van der Waals surface area contributed by atoms with Gasteiger partial charge in [0.1, 0.15) is 23.4 Å². The van der Waals surface area contributed by atoms with Crippen molar-refractivity contribution in [2.75, 3.05) is 24.4 Å². The van der Waals surface area contributed by atoms with Crippen LogP contribution in [0.2, 0.25) is 5.02 Å². The SMILES string of the molecule is COc1ccc(NC(=O)CC2C(=O)N(c3ccc(OC)c(Cl)c3)C(=S)N2Cc2ccccc2F)cc1. The number of hydrogen-bond acceptors (Lipinski definition) is 5. The lowest BCUT2D eigenvalue weighted by Crippen LogP contribution is -2.37. The van der Waals surface area contributed by atoms with Crippen LogP contribution in [0.1, 0.15) is 12.0 Å². The highest BCUT2D eigenvalue weighted by Gasteiger charge is 2.44. The fourth-order valence-corrected chi connectivity index (χ4v) is 4.56. The molecule has 4 rings (SSSR count). The van der Waals surface area contributed by atoms with Gasteiger partial charge in [0.15, 0.2) is 5.11 Å². The highest BCUT2D eigenvalue weighted by molar-refractivity contribution is 7.80. The van der Waals surface area contributed by atoms with Crippen molar-refractivity contribution in [1.29, 1.82) is 0 Å². The minimum absolute atomic E-state index is 0.0120. The molecule has 0 aromatic heterocycles. The fourth-order valence-electron chi connectivity index (χ4n) is 3.92. The number of anilines is 2. The Hall–Kier alpha value is -3.69. The number of ether oxygens (including phenoxy) is 2. The first-order chi connectivity index (χ1) is 17.3. The van der Waals surface area contributed by atoms with Gasteiger partial charge in [0.05, 0.1) is 31.4 Å². The number of rotatable bonds is 8.